The van der Waals surface area contributed by atoms with E-state index in [0.717, 1.165) is 23.9 Å². The van der Waals surface area contributed by atoms with Gasteiger partial charge in [-0.2, -0.15) is 0 Å². The molecule has 0 saturated heterocycles. The molecule has 0 aliphatic carbocycles. The van der Waals surface area contributed by atoms with E-state index >= 15 is 0 Å². The molecular weight excluding hydrogens is 421 g/mol. The van der Waals surface area contributed by atoms with Crippen molar-refractivity contribution in [1.82, 2.24) is 10.2 Å². The van der Waals surface area contributed by atoms with Crippen molar-refractivity contribution in [2.75, 3.05) is 4.90 Å². The van der Waals surface area contributed by atoms with E-state index in [1.165, 1.54) is 40.5 Å². The molecule has 9 heteroatoms. The first kappa shape index (κ1) is 19.4. The van der Waals surface area contributed by atoms with Gasteiger partial charge in [-0.3, -0.25) is 14.5 Å². The van der Waals surface area contributed by atoms with Crippen molar-refractivity contribution in [2.24, 2.45) is 0 Å². The van der Waals surface area contributed by atoms with E-state index in [0.29, 0.717) is 10.7 Å². The highest BCUT2D eigenvalue weighted by Gasteiger charge is 2.45. The largest absolute Gasteiger partial charge is 0.508 e. The van der Waals surface area contributed by atoms with Gasteiger partial charge in [0.2, 0.25) is 10.9 Å². The molecule has 5 rings (SSSR count). The number of hydrogen-bond acceptors (Lipinski definition) is 7. The van der Waals surface area contributed by atoms with Crippen LogP contribution in [0.2, 0.25) is 0 Å². The van der Waals surface area contributed by atoms with Crippen LogP contribution >= 0.6 is 11.3 Å². The van der Waals surface area contributed by atoms with Gasteiger partial charge in [0.25, 0.3) is 5.91 Å². The Bertz CT molecular complexity index is 1380. The van der Waals surface area contributed by atoms with E-state index < -0.39 is 23.2 Å². The summed E-state index contributed by atoms with van der Waals surface area (Å²) in [7, 11) is 0. The van der Waals surface area contributed by atoms with Gasteiger partial charge in [-0.1, -0.05) is 30.4 Å². The monoisotopic (exact) mass is 437 g/mol. The fraction of sp³-hybridized carbons (Fsp3) is 0.182. The number of carbonyl (C=O) groups excluding carboxylic acids is 1. The summed E-state index contributed by atoms with van der Waals surface area (Å²) >= 11 is 1.27. The lowest BCUT2D eigenvalue weighted by atomic mass is 9.98. The first-order valence-corrected chi connectivity index (χ1v) is 10.5. The Balaban J connectivity index is 1.77. The summed E-state index contributed by atoms with van der Waals surface area (Å²) in [5, 5.41) is 19.2. The maximum Gasteiger partial charge on any atom is 0.297 e. The minimum atomic E-state index is -0.838. The van der Waals surface area contributed by atoms with Crippen LogP contribution in [-0.4, -0.2) is 21.2 Å². The van der Waals surface area contributed by atoms with Crippen molar-refractivity contribution in [3.05, 3.63) is 80.4 Å². The number of carbonyl (C=O) groups is 1. The molecule has 156 valence electrons. The molecule has 0 fully saturated rings. The fourth-order valence-electron chi connectivity index (χ4n) is 3.77. The van der Waals surface area contributed by atoms with Gasteiger partial charge in [0.15, 0.2) is 5.43 Å². The van der Waals surface area contributed by atoms with E-state index in [-0.39, 0.29) is 28.0 Å². The minimum Gasteiger partial charge on any atom is -0.508 e. The summed E-state index contributed by atoms with van der Waals surface area (Å²) in [5.74, 6) is -1.14. The molecule has 1 aliphatic heterocycles. The molecule has 1 aliphatic rings. The third-order valence-electron chi connectivity index (χ3n) is 5.17. The van der Waals surface area contributed by atoms with E-state index in [9.17, 15) is 19.1 Å². The van der Waals surface area contributed by atoms with Crippen LogP contribution < -0.4 is 10.3 Å². The van der Waals surface area contributed by atoms with Crippen molar-refractivity contribution < 1.29 is 18.7 Å². The maximum absolute atomic E-state index is 13.8. The molecule has 2 aromatic carbocycles. The summed E-state index contributed by atoms with van der Waals surface area (Å²) in [5.41, 5.74) is 0.345. The number of benzene rings is 2. The molecule has 0 unspecified atom stereocenters. The van der Waals surface area contributed by atoms with Crippen LogP contribution in [0.1, 0.15) is 46.1 Å². The zero-order valence-corrected chi connectivity index (χ0v) is 17.1. The van der Waals surface area contributed by atoms with Crippen molar-refractivity contribution >= 4 is 33.3 Å². The smallest absolute Gasteiger partial charge is 0.297 e. The number of nitrogens with zero attached hydrogens (tertiary/aromatic N) is 3. The molecule has 0 bridgehead atoms. The number of halogens is 1. The molecule has 0 spiro atoms. The highest BCUT2D eigenvalue weighted by atomic mass is 32.1. The first-order valence-electron chi connectivity index (χ1n) is 9.69. The number of aryl methyl sites for hydroxylation is 1. The topological polar surface area (TPSA) is 96.5 Å². The fourth-order valence-corrected chi connectivity index (χ4v) is 4.74. The maximum atomic E-state index is 13.8. The van der Waals surface area contributed by atoms with Gasteiger partial charge >= 0.3 is 0 Å². The van der Waals surface area contributed by atoms with Gasteiger partial charge in [0.1, 0.15) is 22.2 Å². The van der Waals surface area contributed by atoms with Crippen LogP contribution in [0.25, 0.3) is 11.0 Å². The molecule has 3 heterocycles. The standard InChI is InChI=1S/C22H16FN3O4S/c1-2-3-16-24-25-22(31-16)26-18(11-4-7-13(27)8-5-11)17-19(28)14-10-12(23)6-9-15(14)30-20(17)21(26)29/h4-10,18,27H,2-3H2,1H3/t18-/m0/s1. The number of aromatic hydroxyl groups is 1. The second-order valence-corrected chi connectivity index (χ2v) is 8.25. The highest BCUT2D eigenvalue weighted by Crippen LogP contribution is 2.42. The van der Waals surface area contributed by atoms with Crippen LogP contribution in [0.3, 0.4) is 0 Å². The van der Waals surface area contributed by atoms with Gasteiger partial charge in [-0.05, 0) is 42.3 Å². The molecule has 0 radical (unpaired) electrons. The minimum absolute atomic E-state index is 0.0496. The Kier molecular flexibility index (Phi) is 4.55. The summed E-state index contributed by atoms with van der Waals surface area (Å²) in [6, 6.07) is 8.97. The number of aromatic nitrogens is 2. The summed E-state index contributed by atoms with van der Waals surface area (Å²) in [6.07, 6.45) is 1.60. The molecular formula is C22H16FN3O4S. The Morgan fingerprint density at radius 2 is 1.94 bits per heavy atom. The predicted octanol–water partition coefficient (Wildman–Crippen LogP) is 4.19. The second kappa shape index (κ2) is 7.28. The van der Waals surface area contributed by atoms with Crippen molar-refractivity contribution in [1.29, 1.82) is 0 Å². The Morgan fingerprint density at radius 1 is 1.16 bits per heavy atom. The summed E-state index contributed by atoms with van der Waals surface area (Å²) < 4.78 is 19.6. The molecule has 31 heavy (non-hydrogen) atoms. The van der Waals surface area contributed by atoms with Gasteiger partial charge in [-0.25, -0.2) is 4.39 Å². The van der Waals surface area contributed by atoms with Gasteiger partial charge in [0, 0.05) is 6.42 Å². The van der Waals surface area contributed by atoms with Gasteiger partial charge in [-0.15, -0.1) is 10.2 Å². The SMILES string of the molecule is CCCc1nnc(N2C(=O)c3oc4ccc(F)cc4c(=O)c3[C@@H]2c2ccc(O)cc2)s1. The van der Waals surface area contributed by atoms with E-state index in [1.54, 1.807) is 12.1 Å². The quantitative estimate of drug-likeness (QED) is 0.514. The molecule has 2 aromatic heterocycles. The summed E-state index contributed by atoms with van der Waals surface area (Å²) in [4.78, 5) is 28.1. The van der Waals surface area contributed by atoms with Crippen LogP contribution in [0.4, 0.5) is 9.52 Å². The average molecular weight is 437 g/mol. The average Bonchev–Trinajstić information content (AvgIpc) is 3.32. The molecule has 1 N–H and O–H groups in total. The third kappa shape index (κ3) is 3.09. The molecule has 7 nitrogen and oxygen atoms in total. The number of fused-ring (bicyclic) bond motifs is 2. The number of anilines is 1. The second-order valence-electron chi connectivity index (χ2n) is 7.21. The van der Waals surface area contributed by atoms with Crippen LogP contribution in [0, 0.1) is 5.82 Å². The lowest BCUT2D eigenvalue weighted by Gasteiger charge is -2.22. The zero-order valence-electron chi connectivity index (χ0n) is 16.3. The molecule has 4 aromatic rings. The number of phenols is 1. The Morgan fingerprint density at radius 3 is 2.68 bits per heavy atom. The van der Waals surface area contributed by atoms with E-state index in [4.69, 9.17) is 4.42 Å². The van der Waals surface area contributed by atoms with Gasteiger partial charge < -0.3 is 9.52 Å². The zero-order chi connectivity index (χ0) is 21.7. The van der Waals surface area contributed by atoms with Crippen LogP contribution in [0.15, 0.2) is 51.7 Å². The highest BCUT2D eigenvalue weighted by molar-refractivity contribution is 7.15. The predicted molar refractivity (Wildman–Crippen MR) is 113 cm³/mol. The number of hydrogen-bond donors (Lipinski definition) is 1. The van der Waals surface area contributed by atoms with E-state index in [1.807, 2.05) is 6.92 Å². The first-order chi connectivity index (χ1) is 15.0. The van der Waals surface area contributed by atoms with Crippen LogP contribution in [0.5, 0.6) is 5.75 Å². The number of rotatable bonds is 4. The third-order valence-corrected chi connectivity index (χ3v) is 6.15. The molecule has 1 amide bonds. The summed E-state index contributed by atoms with van der Waals surface area (Å²) in [6.45, 7) is 2.02. The normalized spacial score (nSPS) is 15.6. The van der Waals surface area contributed by atoms with Gasteiger partial charge in [0.05, 0.1) is 17.0 Å². The number of phenolic OH excluding ortho intramolecular Hbond substituents is 1. The van der Waals surface area contributed by atoms with Crippen LogP contribution in [-0.2, 0) is 6.42 Å². The lowest BCUT2D eigenvalue weighted by molar-refractivity contribution is 0.0970. The van der Waals surface area contributed by atoms with Crippen molar-refractivity contribution in [2.45, 2.75) is 25.8 Å². The number of amides is 1. The Hall–Kier alpha value is -3.59. The van der Waals surface area contributed by atoms with Crippen molar-refractivity contribution in [3.8, 4) is 5.75 Å². The van der Waals surface area contributed by atoms with E-state index in [2.05, 4.69) is 10.2 Å². The molecule has 0 saturated carbocycles. The van der Waals surface area contributed by atoms with Crippen molar-refractivity contribution in [3.63, 3.8) is 0 Å². The molecule has 1 atom stereocenters. The lowest BCUT2D eigenvalue weighted by Crippen LogP contribution is -2.29. The Labute approximate surface area is 179 Å².